The van der Waals surface area contributed by atoms with Gasteiger partial charge in [-0.3, -0.25) is 19.2 Å². The van der Waals surface area contributed by atoms with E-state index in [1.807, 2.05) is 11.9 Å². The molecule has 1 aromatic rings. The van der Waals surface area contributed by atoms with Crippen molar-refractivity contribution in [3.63, 3.8) is 0 Å². The van der Waals surface area contributed by atoms with Crippen LogP contribution in [0.2, 0.25) is 0 Å². The van der Waals surface area contributed by atoms with Crippen molar-refractivity contribution in [1.82, 2.24) is 19.6 Å². The smallest absolute Gasteiger partial charge is 0.257 e. The van der Waals surface area contributed by atoms with Crippen LogP contribution in [0, 0.1) is 0 Å². The van der Waals surface area contributed by atoms with Gasteiger partial charge in [0.25, 0.3) is 5.91 Å². The molecule has 0 spiro atoms. The zero-order valence-corrected chi connectivity index (χ0v) is 10.5. The first-order valence-corrected chi connectivity index (χ1v) is 5.76. The van der Waals surface area contributed by atoms with Gasteiger partial charge in [-0.05, 0) is 7.05 Å². The minimum absolute atomic E-state index is 0.109. The number of hydrogen-bond acceptors (Lipinski definition) is 4. The number of primary amides is 1. The Balaban J connectivity index is 2.10. The molecule has 0 bridgehead atoms. The van der Waals surface area contributed by atoms with Crippen LogP contribution in [0.1, 0.15) is 10.4 Å². The molecule has 7 heteroatoms. The number of carbonyl (C=O) groups excluding carboxylic acids is 2. The number of likely N-dealkylation sites (N-methyl/N-ethyl adjacent to an activating group) is 1. The summed E-state index contributed by atoms with van der Waals surface area (Å²) in [6.45, 7) is 1.56. The molecule has 0 radical (unpaired) electrons. The van der Waals surface area contributed by atoms with Crippen molar-refractivity contribution in [3.05, 3.63) is 18.0 Å². The fourth-order valence-electron chi connectivity index (χ4n) is 2.08. The van der Waals surface area contributed by atoms with Gasteiger partial charge in [0.05, 0.1) is 11.8 Å². The summed E-state index contributed by atoms with van der Waals surface area (Å²) >= 11 is 0. The van der Waals surface area contributed by atoms with E-state index in [4.69, 9.17) is 5.73 Å². The summed E-state index contributed by atoms with van der Waals surface area (Å²) < 4.78 is 1.58. The molecule has 1 saturated heterocycles. The predicted molar refractivity (Wildman–Crippen MR) is 64.7 cm³/mol. The molecule has 1 atom stereocenters. The van der Waals surface area contributed by atoms with E-state index in [-0.39, 0.29) is 5.91 Å². The molecule has 2 rings (SSSR count). The van der Waals surface area contributed by atoms with Gasteiger partial charge in [-0.25, -0.2) is 0 Å². The van der Waals surface area contributed by atoms with E-state index < -0.39 is 11.9 Å². The van der Waals surface area contributed by atoms with E-state index in [1.165, 1.54) is 6.20 Å². The first-order valence-electron chi connectivity index (χ1n) is 5.76. The third-order valence-electron chi connectivity index (χ3n) is 3.22. The van der Waals surface area contributed by atoms with Gasteiger partial charge in [-0.1, -0.05) is 0 Å². The fraction of sp³-hybridized carbons (Fsp3) is 0.545. The molecule has 0 aliphatic carbocycles. The number of amides is 2. The Kier molecular flexibility index (Phi) is 3.33. The van der Waals surface area contributed by atoms with E-state index in [2.05, 4.69) is 5.10 Å². The van der Waals surface area contributed by atoms with Crippen molar-refractivity contribution in [2.45, 2.75) is 6.04 Å². The lowest BCUT2D eigenvalue weighted by Gasteiger charge is -2.37. The highest BCUT2D eigenvalue weighted by Crippen LogP contribution is 2.11. The molecule has 0 saturated carbocycles. The van der Waals surface area contributed by atoms with Crippen molar-refractivity contribution >= 4 is 11.8 Å². The molecule has 18 heavy (non-hydrogen) atoms. The van der Waals surface area contributed by atoms with Crippen LogP contribution >= 0.6 is 0 Å². The zero-order valence-electron chi connectivity index (χ0n) is 10.5. The number of hydrogen-bond donors (Lipinski definition) is 1. The largest absolute Gasteiger partial charge is 0.368 e. The summed E-state index contributed by atoms with van der Waals surface area (Å²) in [5, 5.41) is 3.97. The molecule has 1 fully saturated rings. The Morgan fingerprint density at radius 2 is 2.11 bits per heavy atom. The second kappa shape index (κ2) is 4.77. The quantitative estimate of drug-likeness (QED) is 0.705. The van der Waals surface area contributed by atoms with Gasteiger partial charge in [0.1, 0.15) is 6.04 Å². The van der Waals surface area contributed by atoms with Gasteiger partial charge >= 0.3 is 0 Å². The topological polar surface area (TPSA) is 84.5 Å². The Morgan fingerprint density at radius 3 is 2.67 bits per heavy atom. The van der Waals surface area contributed by atoms with Gasteiger partial charge in [0.15, 0.2) is 0 Å². The van der Waals surface area contributed by atoms with Gasteiger partial charge in [0, 0.05) is 32.9 Å². The summed E-state index contributed by atoms with van der Waals surface area (Å²) in [7, 11) is 3.59. The SMILES string of the molecule is CN1CCN(C(=O)c2cnn(C)c2)CC1C(N)=O. The van der Waals surface area contributed by atoms with Gasteiger partial charge in [-0.15, -0.1) is 0 Å². The Labute approximate surface area is 105 Å². The Hall–Kier alpha value is -1.89. The molecule has 1 unspecified atom stereocenters. The Morgan fingerprint density at radius 1 is 1.39 bits per heavy atom. The average molecular weight is 251 g/mol. The lowest BCUT2D eigenvalue weighted by Crippen LogP contribution is -2.57. The predicted octanol–water partition coefficient (Wildman–Crippen LogP) is -1.34. The molecule has 1 aromatic heterocycles. The molecular formula is C11H17N5O2. The molecule has 1 aliphatic heterocycles. The number of nitrogens with two attached hydrogens (primary N) is 1. The minimum atomic E-state index is -0.417. The van der Waals surface area contributed by atoms with Crippen molar-refractivity contribution in [2.24, 2.45) is 12.8 Å². The van der Waals surface area contributed by atoms with Crippen LogP contribution in [0.3, 0.4) is 0 Å². The molecule has 7 nitrogen and oxygen atoms in total. The lowest BCUT2D eigenvalue weighted by atomic mass is 10.1. The monoisotopic (exact) mass is 251 g/mol. The average Bonchev–Trinajstić information content (AvgIpc) is 2.75. The van der Waals surface area contributed by atoms with E-state index in [0.29, 0.717) is 25.2 Å². The summed E-state index contributed by atoms with van der Waals surface area (Å²) in [6.07, 6.45) is 3.19. The van der Waals surface area contributed by atoms with Crippen LogP contribution in [-0.2, 0) is 11.8 Å². The molecule has 2 N–H and O–H groups in total. The van der Waals surface area contributed by atoms with Crippen molar-refractivity contribution < 1.29 is 9.59 Å². The molecule has 1 aliphatic rings. The van der Waals surface area contributed by atoms with Crippen molar-refractivity contribution in [3.8, 4) is 0 Å². The standard InChI is InChI=1S/C11H17N5O2/c1-14-3-4-16(7-9(14)10(12)17)11(18)8-5-13-15(2)6-8/h5-6,9H,3-4,7H2,1-2H3,(H2,12,17). The first kappa shape index (κ1) is 12.6. The van der Waals surface area contributed by atoms with Crippen LogP contribution in [0.5, 0.6) is 0 Å². The van der Waals surface area contributed by atoms with E-state index >= 15 is 0 Å². The summed E-state index contributed by atoms with van der Waals surface area (Å²) in [5.41, 5.74) is 5.86. The lowest BCUT2D eigenvalue weighted by molar-refractivity contribution is -0.124. The number of aromatic nitrogens is 2. The van der Waals surface area contributed by atoms with Gasteiger partial charge in [0.2, 0.25) is 5.91 Å². The first-order chi connectivity index (χ1) is 8.49. The molecular weight excluding hydrogens is 234 g/mol. The third-order valence-corrected chi connectivity index (χ3v) is 3.22. The molecule has 2 heterocycles. The maximum absolute atomic E-state index is 12.2. The van der Waals surface area contributed by atoms with Gasteiger partial charge in [-0.2, -0.15) is 5.10 Å². The minimum Gasteiger partial charge on any atom is -0.368 e. The second-order valence-electron chi connectivity index (χ2n) is 4.55. The summed E-state index contributed by atoms with van der Waals surface area (Å²) in [6, 6.07) is -0.417. The van der Waals surface area contributed by atoms with E-state index in [0.717, 1.165) is 0 Å². The maximum Gasteiger partial charge on any atom is 0.257 e. The van der Waals surface area contributed by atoms with Crippen LogP contribution in [-0.4, -0.2) is 64.1 Å². The van der Waals surface area contributed by atoms with Crippen LogP contribution in [0.4, 0.5) is 0 Å². The highest BCUT2D eigenvalue weighted by Gasteiger charge is 2.31. The zero-order chi connectivity index (χ0) is 13.3. The number of carbonyl (C=O) groups is 2. The van der Waals surface area contributed by atoms with E-state index in [1.54, 1.807) is 22.8 Å². The molecule has 2 amide bonds. The third kappa shape index (κ3) is 2.35. The van der Waals surface area contributed by atoms with Crippen molar-refractivity contribution in [1.29, 1.82) is 0 Å². The molecule has 98 valence electrons. The normalized spacial score (nSPS) is 21.0. The number of nitrogens with zero attached hydrogens (tertiary/aromatic N) is 4. The number of rotatable bonds is 2. The highest BCUT2D eigenvalue weighted by molar-refractivity contribution is 5.94. The molecule has 0 aromatic carbocycles. The van der Waals surface area contributed by atoms with Crippen LogP contribution in [0.15, 0.2) is 12.4 Å². The second-order valence-corrected chi connectivity index (χ2v) is 4.55. The summed E-state index contributed by atoms with van der Waals surface area (Å²) in [4.78, 5) is 27.0. The van der Waals surface area contributed by atoms with Crippen LogP contribution in [0.25, 0.3) is 0 Å². The van der Waals surface area contributed by atoms with Gasteiger partial charge < -0.3 is 10.6 Å². The Bertz CT molecular complexity index is 470. The number of aryl methyl sites for hydroxylation is 1. The summed E-state index contributed by atoms with van der Waals surface area (Å²) in [5.74, 6) is -0.511. The fourth-order valence-corrected chi connectivity index (χ4v) is 2.08. The highest BCUT2D eigenvalue weighted by atomic mass is 16.2. The van der Waals surface area contributed by atoms with Crippen LogP contribution < -0.4 is 5.73 Å². The van der Waals surface area contributed by atoms with E-state index in [9.17, 15) is 9.59 Å². The van der Waals surface area contributed by atoms with Crippen molar-refractivity contribution in [2.75, 3.05) is 26.7 Å². The maximum atomic E-state index is 12.2. The number of piperazine rings is 1.